The number of halogens is 1. The van der Waals surface area contributed by atoms with E-state index in [0.717, 1.165) is 40.1 Å². The van der Waals surface area contributed by atoms with Gasteiger partial charge in [-0.1, -0.05) is 48.4 Å². The lowest BCUT2D eigenvalue weighted by Crippen LogP contribution is -2.37. The lowest BCUT2D eigenvalue weighted by Gasteiger charge is -2.19. The molecule has 0 aliphatic heterocycles. The van der Waals surface area contributed by atoms with E-state index in [2.05, 4.69) is 4.98 Å². The van der Waals surface area contributed by atoms with Gasteiger partial charge in [0.25, 0.3) is 10.0 Å². The van der Waals surface area contributed by atoms with Gasteiger partial charge in [-0.25, -0.2) is 22.5 Å². The van der Waals surface area contributed by atoms with Gasteiger partial charge in [0.1, 0.15) is 5.82 Å². The van der Waals surface area contributed by atoms with E-state index in [1.807, 2.05) is 60.9 Å². The number of aryl methyl sites for hydroxylation is 2. The number of aromatic nitrogens is 2. The fourth-order valence-corrected chi connectivity index (χ4v) is 5.26. The van der Waals surface area contributed by atoms with Crippen LogP contribution in [0.1, 0.15) is 23.9 Å². The molecule has 1 amide bonds. The number of carboxylic acid groups (broad SMARTS) is 1. The predicted molar refractivity (Wildman–Crippen MR) is 132 cm³/mol. The number of carbonyl (C=O) groups is 1. The second-order valence-electron chi connectivity index (χ2n) is 7.94. The van der Waals surface area contributed by atoms with Gasteiger partial charge in [0.2, 0.25) is 0 Å². The molecular formula is C25H24ClN3O4S. The van der Waals surface area contributed by atoms with Crippen LogP contribution in [0.2, 0.25) is 5.02 Å². The van der Waals surface area contributed by atoms with Crippen molar-refractivity contribution >= 4 is 38.8 Å². The van der Waals surface area contributed by atoms with Gasteiger partial charge in [0.05, 0.1) is 15.9 Å². The molecule has 176 valence electrons. The van der Waals surface area contributed by atoms with E-state index in [1.54, 1.807) is 12.1 Å². The number of fused-ring (bicyclic) bond motifs is 1. The predicted octanol–water partition coefficient (Wildman–Crippen LogP) is 5.46. The Balaban J connectivity index is 1.57. The minimum Gasteiger partial charge on any atom is -0.464 e. The Morgan fingerprint density at radius 2 is 1.74 bits per heavy atom. The molecule has 1 heterocycles. The van der Waals surface area contributed by atoms with E-state index in [-0.39, 0.29) is 17.9 Å². The van der Waals surface area contributed by atoms with Gasteiger partial charge in [-0.15, -0.1) is 0 Å². The molecule has 0 saturated carbocycles. The minimum absolute atomic E-state index is 0.0476. The van der Waals surface area contributed by atoms with Crippen molar-refractivity contribution < 1.29 is 18.3 Å². The number of hydrogen-bond acceptors (Lipinski definition) is 4. The van der Waals surface area contributed by atoms with Crippen LogP contribution in [-0.4, -0.2) is 40.0 Å². The van der Waals surface area contributed by atoms with Crippen molar-refractivity contribution in [2.75, 3.05) is 6.54 Å². The Bertz CT molecular complexity index is 1450. The Morgan fingerprint density at radius 3 is 2.35 bits per heavy atom. The Morgan fingerprint density at radius 1 is 1.06 bits per heavy atom. The van der Waals surface area contributed by atoms with Gasteiger partial charge in [-0.3, -0.25) is 4.57 Å². The first-order valence-corrected chi connectivity index (χ1v) is 12.6. The van der Waals surface area contributed by atoms with E-state index in [1.165, 1.54) is 12.1 Å². The monoisotopic (exact) mass is 497 g/mol. The van der Waals surface area contributed by atoms with Crippen LogP contribution in [0, 0.1) is 6.92 Å². The fraction of sp³-hybridized carbons (Fsp3) is 0.200. The van der Waals surface area contributed by atoms with Crippen molar-refractivity contribution in [2.45, 2.75) is 31.6 Å². The number of sulfonamides is 1. The number of hydrogen-bond donors (Lipinski definition) is 1. The van der Waals surface area contributed by atoms with Crippen molar-refractivity contribution in [1.29, 1.82) is 0 Å². The van der Waals surface area contributed by atoms with Gasteiger partial charge in [-0.05, 0) is 61.4 Å². The standard InChI is InChI=1S/C25H24ClN3O4S/c1-3-24-27-22-13-8-19(26)16-23(22)29(24)20-9-6-18(7-10-20)14-15-28(25(30)31)34(32,33)21-11-4-17(2)5-12-21/h4-13,16H,3,14-15H2,1-2H3,(H,30,31). The molecule has 0 aliphatic carbocycles. The second kappa shape index (κ2) is 9.48. The molecule has 3 aromatic carbocycles. The van der Waals surface area contributed by atoms with E-state index >= 15 is 0 Å². The van der Waals surface area contributed by atoms with Gasteiger partial charge < -0.3 is 5.11 Å². The summed E-state index contributed by atoms with van der Waals surface area (Å²) in [5.41, 5.74) is 4.35. The summed E-state index contributed by atoms with van der Waals surface area (Å²) in [5.74, 6) is 0.895. The van der Waals surface area contributed by atoms with Gasteiger partial charge >= 0.3 is 6.09 Å². The minimum atomic E-state index is -4.16. The quantitative estimate of drug-likeness (QED) is 0.366. The van der Waals surface area contributed by atoms with Crippen molar-refractivity contribution in [3.63, 3.8) is 0 Å². The van der Waals surface area contributed by atoms with Gasteiger partial charge in [-0.2, -0.15) is 0 Å². The summed E-state index contributed by atoms with van der Waals surface area (Å²) < 4.78 is 28.3. The second-order valence-corrected chi connectivity index (χ2v) is 10.2. The molecule has 0 atom stereocenters. The maximum atomic E-state index is 12.9. The van der Waals surface area contributed by atoms with Crippen molar-refractivity contribution in [3.05, 3.63) is 88.7 Å². The first kappa shape index (κ1) is 23.8. The smallest absolute Gasteiger partial charge is 0.421 e. The van der Waals surface area contributed by atoms with Crippen molar-refractivity contribution in [3.8, 4) is 5.69 Å². The molecule has 9 heteroatoms. The molecule has 1 N–H and O–H groups in total. The maximum Gasteiger partial charge on any atom is 0.421 e. The van der Waals surface area contributed by atoms with Crippen LogP contribution in [0.4, 0.5) is 4.79 Å². The third kappa shape index (κ3) is 4.64. The van der Waals surface area contributed by atoms with Crippen LogP contribution in [0.5, 0.6) is 0 Å². The Kier molecular flexibility index (Phi) is 6.63. The number of nitrogens with zero attached hydrogens (tertiary/aromatic N) is 3. The normalized spacial score (nSPS) is 11.6. The van der Waals surface area contributed by atoms with E-state index in [0.29, 0.717) is 9.33 Å². The van der Waals surface area contributed by atoms with E-state index < -0.39 is 16.1 Å². The largest absolute Gasteiger partial charge is 0.464 e. The van der Waals surface area contributed by atoms with E-state index in [9.17, 15) is 18.3 Å². The number of imidazole rings is 1. The fourth-order valence-electron chi connectivity index (χ4n) is 3.82. The third-order valence-electron chi connectivity index (χ3n) is 5.62. The van der Waals surface area contributed by atoms with Gasteiger partial charge in [0.15, 0.2) is 0 Å². The highest BCUT2D eigenvalue weighted by molar-refractivity contribution is 7.89. The number of rotatable bonds is 7. The zero-order valence-electron chi connectivity index (χ0n) is 18.8. The summed E-state index contributed by atoms with van der Waals surface area (Å²) in [6, 6.07) is 19.2. The molecule has 4 aromatic rings. The highest BCUT2D eigenvalue weighted by atomic mass is 35.5. The topological polar surface area (TPSA) is 92.5 Å². The molecule has 0 unspecified atom stereocenters. The van der Waals surface area contributed by atoms with Crippen LogP contribution in [0.15, 0.2) is 71.6 Å². The molecule has 7 nitrogen and oxygen atoms in total. The first-order valence-electron chi connectivity index (χ1n) is 10.8. The molecule has 0 fully saturated rings. The highest BCUT2D eigenvalue weighted by Gasteiger charge is 2.28. The van der Waals surface area contributed by atoms with Crippen LogP contribution < -0.4 is 0 Å². The molecule has 0 spiro atoms. The summed E-state index contributed by atoms with van der Waals surface area (Å²) in [4.78, 5) is 16.4. The maximum absolute atomic E-state index is 12.9. The molecule has 1 aromatic heterocycles. The first-order chi connectivity index (χ1) is 16.2. The van der Waals surface area contributed by atoms with Crippen molar-refractivity contribution in [2.24, 2.45) is 0 Å². The average Bonchev–Trinajstić information content (AvgIpc) is 3.17. The summed E-state index contributed by atoms with van der Waals surface area (Å²) >= 11 is 6.20. The van der Waals surface area contributed by atoms with Crippen LogP contribution >= 0.6 is 11.6 Å². The summed E-state index contributed by atoms with van der Waals surface area (Å²) in [6.07, 6.45) is -0.528. The summed E-state index contributed by atoms with van der Waals surface area (Å²) in [6.45, 7) is 3.68. The Hall–Kier alpha value is -3.36. The molecule has 4 rings (SSSR count). The third-order valence-corrected chi connectivity index (χ3v) is 7.64. The SMILES string of the molecule is CCc1nc2ccc(Cl)cc2n1-c1ccc(CCN(C(=O)O)S(=O)(=O)c2ccc(C)cc2)cc1. The highest BCUT2D eigenvalue weighted by Crippen LogP contribution is 2.25. The molecular weight excluding hydrogens is 474 g/mol. The Labute approximate surface area is 203 Å². The van der Waals surface area contributed by atoms with Crippen LogP contribution in [0.25, 0.3) is 16.7 Å². The van der Waals surface area contributed by atoms with Crippen molar-refractivity contribution in [1.82, 2.24) is 13.9 Å². The molecule has 0 saturated heterocycles. The molecule has 0 aliphatic rings. The summed E-state index contributed by atoms with van der Waals surface area (Å²) in [5, 5.41) is 10.2. The average molecular weight is 498 g/mol. The number of benzene rings is 3. The summed E-state index contributed by atoms with van der Waals surface area (Å²) in [7, 11) is -4.16. The molecule has 34 heavy (non-hydrogen) atoms. The van der Waals surface area contributed by atoms with Crippen LogP contribution in [-0.2, 0) is 22.9 Å². The van der Waals surface area contributed by atoms with Crippen LogP contribution in [0.3, 0.4) is 0 Å². The zero-order chi connectivity index (χ0) is 24.5. The lowest BCUT2D eigenvalue weighted by molar-refractivity contribution is 0.172. The van der Waals surface area contributed by atoms with E-state index in [4.69, 9.17) is 11.6 Å². The van der Waals surface area contributed by atoms with Gasteiger partial charge in [0, 0.05) is 23.7 Å². The molecule has 0 radical (unpaired) electrons. The molecule has 0 bridgehead atoms. The zero-order valence-corrected chi connectivity index (χ0v) is 20.3. The number of amides is 1. The lowest BCUT2D eigenvalue weighted by atomic mass is 10.1.